The van der Waals surface area contributed by atoms with Crippen LogP contribution in [0.15, 0.2) is 36.4 Å². The van der Waals surface area contributed by atoms with E-state index in [1.54, 1.807) is 0 Å². The third-order valence-corrected chi connectivity index (χ3v) is 3.76. The van der Waals surface area contributed by atoms with Gasteiger partial charge in [-0.15, -0.1) is 0 Å². The third-order valence-electron chi connectivity index (χ3n) is 3.76. The van der Waals surface area contributed by atoms with Gasteiger partial charge in [-0.25, -0.2) is 0 Å². The maximum atomic E-state index is 2.24. The van der Waals surface area contributed by atoms with E-state index in [4.69, 9.17) is 0 Å². The highest BCUT2D eigenvalue weighted by atomic mass is 14.1. The molecule has 0 heteroatoms. The zero-order valence-corrected chi connectivity index (χ0v) is 16.6. The highest BCUT2D eigenvalue weighted by molar-refractivity contribution is 5.71. The normalized spacial score (nSPS) is 8.64. The lowest BCUT2D eigenvalue weighted by atomic mass is 9.94. The van der Waals surface area contributed by atoms with Gasteiger partial charge >= 0.3 is 0 Å². The van der Waals surface area contributed by atoms with E-state index in [-0.39, 0.29) is 14.9 Å². The minimum absolute atomic E-state index is 0. The van der Waals surface area contributed by atoms with E-state index in [1.165, 1.54) is 52.6 Å². The first kappa shape index (κ1) is 28.3. The minimum Gasteiger partial charge on any atom is -0.0776 e. The lowest BCUT2D eigenvalue weighted by Crippen LogP contribution is -1.88. The van der Waals surface area contributed by atoms with Gasteiger partial charge in [0.05, 0.1) is 0 Å². The molecular weight excluding hydrogens is 300 g/mol. The van der Waals surface area contributed by atoms with Crippen molar-refractivity contribution in [3.63, 3.8) is 0 Å². The second kappa shape index (κ2) is 15.9. The Hall–Kier alpha value is -1.56. The van der Waals surface area contributed by atoms with Gasteiger partial charge in [0.1, 0.15) is 0 Å². The first-order chi connectivity index (χ1) is 11.0. The minimum atomic E-state index is 0. The number of unbranched alkanes of at least 4 members (excludes halogenated alkanes) is 2. The van der Waals surface area contributed by atoms with Crippen molar-refractivity contribution in [2.45, 2.75) is 89.5 Å². The molecule has 0 fully saturated rings. The summed E-state index contributed by atoms with van der Waals surface area (Å²) in [7, 11) is 0. The summed E-state index contributed by atoms with van der Waals surface area (Å²) < 4.78 is 0. The predicted molar refractivity (Wildman–Crippen MR) is 121 cm³/mol. The first-order valence-corrected chi connectivity index (χ1v) is 9.14. The molecule has 0 atom stereocenters. The first-order valence-electron chi connectivity index (χ1n) is 9.14. The molecule has 0 spiro atoms. The van der Waals surface area contributed by atoms with E-state index in [0.717, 1.165) is 0 Å². The Morgan fingerprint density at radius 1 is 0.600 bits per heavy atom. The molecule has 2 aromatic carbocycles. The van der Waals surface area contributed by atoms with E-state index >= 15 is 0 Å². The van der Waals surface area contributed by atoms with Crippen LogP contribution in [0.2, 0.25) is 0 Å². The standard InChI is InChI=1S/C16H18.C5H12.C2H6.2CH4/c1-11-5-7-15(13(3)9-11)16-8-6-12(2)10-14(16)4;1-3-5-4-2;1-2;;/h5-10H,1-4H3;3-5H2,1-2H3;1-2H3;2*1H4. The molecule has 0 unspecified atom stereocenters. The van der Waals surface area contributed by atoms with Crippen LogP contribution in [0.5, 0.6) is 0 Å². The summed E-state index contributed by atoms with van der Waals surface area (Å²) in [6.45, 7) is 17.1. The average Bonchev–Trinajstić information content (AvgIpc) is 2.52. The fraction of sp³-hybridized carbons (Fsp3) is 0.520. The SMILES string of the molecule is C.C.CC.CCCCC.Cc1ccc(-c2ccc(C)cc2C)c(C)c1. The molecule has 0 nitrogen and oxygen atoms in total. The maximum absolute atomic E-state index is 2.24. The molecule has 0 N–H and O–H groups in total. The van der Waals surface area contributed by atoms with Crippen molar-refractivity contribution in [3.05, 3.63) is 58.7 Å². The van der Waals surface area contributed by atoms with E-state index in [2.05, 4.69) is 77.9 Å². The molecule has 0 bridgehead atoms. The van der Waals surface area contributed by atoms with E-state index in [1.807, 2.05) is 13.8 Å². The molecular formula is C25H44. The van der Waals surface area contributed by atoms with Crippen molar-refractivity contribution in [2.24, 2.45) is 0 Å². The van der Waals surface area contributed by atoms with Crippen molar-refractivity contribution in [2.75, 3.05) is 0 Å². The molecule has 0 heterocycles. The van der Waals surface area contributed by atoms with Crippen molar-refractivity contribution in [1.82, 2.24) is 0 Å². The predicted octanol–water partition coefficient (Wildman–Crippen LogP) is 9.08. The van der Waals surface area contributed by atoms with Crippen LogP contribution in [0.1, 0.15) is 84.1 Å². The molecule has 0 aliphatic rings. The van der Waals surface area contributed by atoms with E-state index in [0.29, 0.717) is 0 Å². The molecule has 0 amide bonds. The molecule has 0 radical (unpaired) electrons. The Morgan fingerprint density at radius 3 is 1.12 bits per heavy atom. The molecule has 0 saturated carbocycles. The summed E-state index contributed by atoms with van der Waals surface area (Å²) in [4.78, 5) is 0. The summed E-state index contributed by atoms with van der Waals surface area (Å²) in [5.41, 5.74) is 8.06. The van der Waals surface area contributed by atoms with Gasteiger partial charge < -0.3 is 0 Å². The van der Waals surface area contributed by atoms with Gasteiger partial charge in [-0.3, -0.25) is 0 Å². The summed E-state index contributed by atoms with van der Waals surface area (Å²) >= 11 is 0. The number of benzene rings is 2. The van der Waals surface area contributed by atoms with E-state index in [9.17, 15) is 0 Å². The fourth-order valence-corrected chi connectivity index (χ4v) is 2.59. The van der Waals surface area contributed by atoms with Gasteiger partial charge in [0.2, 0.25) is 0 Å². The molecule has 0 aromatic heterocycles. The van der Waals surface area contributed by atoms with Crippen LogP contribution in [-0.4, -0.2) is 0 Å². The second-order valence-corrected chi connectivity index (χ2v) is 5.99. The second-order valence-electron chi connectivity index (χ2n) is 5.99. The van der Waals surface area contributed by atoms with Gasteiger partial charge in [-0.2, -0.15) is 0 Å². The van der Waals surface area contributed by atoms with Crippen LogP contribution in [0.3, 0.4) is 0 Å². The molecule has 0 aliphatic carbocycles. The van der Waals surface area contributed by atoms with Gasteiger partial charge in [-0.05, 0) is 49.9 Å². The van der Waals surface area contributed by atoms with Crippen molar-refractivity contribution in [3.8, 4) is 11.1 Å². The Morgan fingerprint density at radius 2 is 0.920 bits per heavy atom. The molecule has 2 rings (SSSR count). The average molecular weight is 345 g/mol. The largest absolute Gasteiger partial charge is 0.0776 e. The molecule has 0 saturated heterocycles. The van der Waals surface area contributed by atoms with Gasteiger partial charge in [0.15, 0.2) is 0 Å². The lowest BCUT2D eigenvalue weighted by molar-refractivity contribution is 0.772. The quantitative estimate of drug-likeness (QED) is 0.520. The van der Waals surface area contributed by atoms with Crippen LogP contribution in [0.4, 0.5) is 0 Å². The Bertz CT molecular complexity index is 513. The van der Waals surface area contributed by atoms with Crippen LogP contribution in [-0.2, 0) is 0 Å². The maximum Gasteiger partial charge on any atom is -0.0152 e. The fourth-order valence-electron chi connectivity index (χ4n) is 2.59. The Labute approximate surface area is 159 Å². The van der Waals surface area contributed by atoms with Gasteiger partial charge in [0, 0.05) is 0 Å². The smallest absolute Gasteiger partial charge is 0.0152 e. The van der Waals surface area contributed by atoms with Crippen LogP contribution in [0.25, 0.3) is 11.1 Å². The summed E-state index contributed by atoms with van der Waals surface area (Å²) in [5.74, 6) is 0. The zero-order valence-electron chi connectivity index (χ0n) is 16.6. The molecule has 144 valence electrons. The van der Waals surface area contributed by atoms with E-state index < -0.39 is 0 Å². The van der Waals surface area contributed by atoms with Crippen LogP contribution in [0, 0.1) is 27.7 Å². The third kappa shape index (κ3) is 10.1. The van der Waals surface area contributed by atoms with Crippen molar-refractivity contribution < 1.29 is 0 Å². The number of rotatable bonds is 3. The lowest BCUT2D eigenvalue weighted by Gasteiger charge is -2.10. The molecule has 2 aromatic rings. The summed E-state index contributed by atoms with van der Waals surface area (Å²) in [6.07, 6.45) is 4.08. The highest BCUT2D eigenvalue weighted by Crippen LogP contribution is 2.27. The Balaban J connectivity index is -0.000000469. The molecule has 25 heavy (non-hydrogen) atoms. The zero-order chi connectivity index (χ0) is 17.8. The van der Waals surface area contributed by atoms with Gasteiger partial charge in [-0.1, -0.05) is 109 Å². The van der Waals surface area contributed by atoms with Crippen molar-refractivity contribution in [1.29, 1.82) is 0 Å². The highest BCUT2D eigenvalue weighted by Gasteiger charge is 2.04. The number of hydrogen-bond donors (Lipinski definition) is 0. The monoisotopic (exact) mass is 344 g/mol. The summed E-state index contributed by atoms with van der Waals surface area (Å²) in [5, 5.41) is 0. The Kier molecular flexibility index (Phi) is 18.0. The molecule has 0 aliphatic heterocycles. The summed E-state index contributed by atoms with van der Waals surface area (Å²) in [6, 6.07) is 13.3. The van der Waals surface area contributed by atoms with Gasteiger partial charge in [0.25, 0.3) is 0 Å². The number of hydrogen-bond acceptors (Lipinski definition) is 0. The van der Waals surface area contributed by atoms with Crippen LogP contribution < -0.4 is 0 Å². The van der Waals surface area contributed by atoms with Crippen LogP contribution >= 0.6 is 0 Å². The number of aryl methyl sites for hydroxylation is 4. The topological polar surface area (TPSA) is 0 Å². The van der Waals surface area contributed by atoms with Crippen molar-refractivity contribution >= 4 is 0 Å².